The van der Waals surface area contributed by atoms with Crippen molar-refractivity contribution in [2.24, 2.45) is 0 Å². The Morgan fingerprint density at radius 1 is 1.27 bits per heavy atom. The van der Waals surface area contributed by atoms with Crippen LogP contribution in [0.15, 0.2) is 35.7 Å². The number of hydrogen-bond acceptors (Lipinski definition) is 3. The molecule has 138 valence electrons. The van der Waals surface area contributed by atoms with Crippen LogP contribution in [0.25, 0.3) is 0 Å². The molecule has 3 N–H and O–H groups in total. The van der Waals surface area contributed by atoms with Crippen molar-refractivity contribution in [2.75, 3.05) is 25.0 Å². The number of carbonyl (C=O) groups excluding carboxylic acids is 2. The van der Waals surface area contributed by atoms with Crippen LogP contribution < -0.4 is 15.5 Å². The maximum atomic E-state index is 12.3. The molecule has 2 aromatic rings. The van der Waals surface area contributed by atoms with Crippen LogP contribution in [0.3, 0.4) is 0 Å². The minimum atomic E-state index is -0.255. The Morgan fingerprint density at radius 3 is 2.88 bits per heavy atom. The number of amides is 2. The summed E-state index contributed by atoms with van der Waals surface area (Å²) in [7, 11) is 0. The summed E-state index contributed by atoms with van der Waals surface area (Å²) in [5.74, 6) is -0.351. The molecule has 0 radical (unpaired) electrons. The highest BCUT2D eigenvalue weighted by atomic mass is 35.5. The smallest absolute Gasteiger partial charge is 0.275 e. The molecule has 5 nitrogen and oxygen atoms in total. The molecule has 2 heterocycles. The van der Waals surface area contributed by atoms with E-state index in [0.717, 1.165) is 24.9 Å². The van der Waals surface area contributed by atoms with Crippen molar-refractivity contribution >= 4 is 40.4 Å². The van der Waals surface area contributed by atoms with Crippen molar-refractivity contribution in [1.82, 2.24) is 5.32 Å². The van der Waals surface area contributed by atoms with Gasteiger partial charge in [-0.15, -0.1) is 11.3 Å². The zero-order chi connectivity index (χ0) is 18.5. The number of rotatable bonds is 6. The van der Waals surface area contributed by atoms with E-state index in [4.69, 9.17) is 11.6 Å². The van der Waals surface area contributed by atoms with E-state index in [0.29, 0.717) is 23.3 Å². The lowest BCUT2D eigenvalue weighted by Crippen LogP contribution is -3.11. The summed E-state index contributed by atoms with van der Waals surface area (Å²) in [6.45, 7) is 3.19. The molecular weight excluding hydrogens is 370 g/mol. The van der Waals surface area contributed by atoms with Crippen molar-refractivity contribution in [3.8, 4) is 0 Å². The van der Waals surface area contributed by atoms with Gasteiger partial charge in [-0.3, -0.25) is 9.59 Å². The number of anilines is 1. The van der Waals surface area contributed by atoms with Crippen LogP contribution in [0.2, 0.25) is 5.02 Å². The second-order valence-corrected chi connectivity index (χ2v) is 7.92. The third kappa shape index (κ3) is 4.63. The largest absolute Gasteiger partial charge is 0.342 e. The molecule has 0 bridgehead atoms. The molecule has 1 aromatic heterocycles. The number of carbonyl (C=O) groups is 2. The number of likely N-dealkylation sites (tertiary alicyclic amines) is 1. The number of nitrogens with one attached hydrogen (secondary N) is 3. The summed E-state index contributed by atoms with van der Waals surface area (Å²) >= 11 is 7.80. The fourth-order valence-electron chi connectivity index (χ4n) is 3.34. The van der Waals surface area contributed by atoms with E-state index in [-0.39, 0.29) is 18.4 Å². The van der Waals surface area contributed by atoms with E-state index >= 15 is 0 Å². The lowest BCUT2D eigenvalue weighted by Gasteiger charge is -2.20. The maximum absolute atomic E-state index is 12.3. The van der Waals surface area contributed by atoms with E-state index in [1.807, 2.05) is 6.92 Å². The number of quaternary nitrogens is 1. The highest BCUT2D eigenvalue weighted by Crippen LogP contribution is 2.23. The second-order valence-electron chi connectivity index (χ2n) is 6.53. The Bertz CT molecular complexity index is 779. The molecule has 2 amide bonds. The van der Waals surface area contributed by atoms with Crippen molar-refractivity contribution in [1.29, 1.82) is 0 Å². The quantitative estimate of drug-likeness (QED) is 0.705. The predicted octanol–water partition coefficient (Wildman–Crippen LogP) is 2.18. The zero-order valence-electron chi connectivity index (χ0n) is 14.7. The fourth-order valence-corrected chi connectivity index (χ4v) is 4.44. The first kappa shape index (κ1) is 18.9. The Hall–Kier alpha value is -1.89. The Labute approximate surface area is 162 Å². The molecule has 1 unspecified atom stereocenters. The minimum absolute atomic E-state index is 0.0399. The Kier molecular flexibility index (Phi) is 6.29. The average molecular weight is 393 g/mol. The van der Waals surface area contributed by atoms with Gasteiger partial charge < -0.3 is 15.5 Å². The van der Waals surface area contributed by atoms with Gasteiger partial charge in [0, 0.05) is 23.6 Å². The highest BCUT2D eigenvalue weighted by Gasteiger charge is 2.32. The number of halogens is 1. The molecule has 1 aromatic carbocycles. The normalized spacial score (nSPS) is 19.3. The van der Waals surface area contributed by atoms with Crippen molar-refractivity contribution in [3.05, 3.63) is 51.2 Å². The van der Waals surface area contributed by atoms with Crippen LogP contribution in [0.5, 0.6) is 0 Å². The van der Waals surface area contributed by atoms with Gasteiger partial charge in [-0.1, -0.05) is 23.7 Å². The first-order valence-corrected chi connectivity index (χ1v) is 10.00. The van der Waals surface area contributed by atoms with Crippen molar-refractivity contribution < 1.29 is 14.5 Å². The Morgan fingerprint density at radius 2 is 2.12 bits per heavy atom. The summed E-state index contributed by atoms with van der Waals surface area (Å²) < 4.78 is 0. The topological polar surface area (TPSA) is 62.6 Å². The first-order valence-electron chi connectivity index (χ1n) is 8.74. The molecule has 1 aliphatic heterocycles. The zero-order valence-corrected chi connectivity index (χ0v) is 16.3. The molecular formula is C19H23ClN3O2S+. The minimum Gasteiger partial charge on any atom is -0.342 e. The molecule has 3 rings (SSSR count). The summed E-state index contributed by atoms with van der Waals surface area (Å²) in [4.78, 5) is 27.0. The van der Waals surface area contributed by atoms with E-state index in [1.165, 1.54) is 9.78 Å². The van der Waals surface area contributed by atoms with Crippen LogP contribution in [0.4, 0.5) is 5.69 Å². The van der Waals surface area contributed by atoms with Crippen LogP contribution in [-0.2, 0) is 9.59 Å². The van der Waals surface area contributed by atoms with E-state index < -0.39 is 0 Å². The monoisotopic (exact) mass is 392 g/mol. The summed E-state index contributed by atoms with van der Waals surface area (Å²) in [5.41, 5.74) is 1.48. The Balaban J connectivity index is 1.48. The van der Waals surface area contributed by atoms with E-state index in [1.54, 1.807) is 29.5 Å². The lowest BCUT2D eigenvalue weighted by atomic mass is 10.2. The number of thiophene rings is 1. The third-order valence-corrected chi connectivity index (χ3v) is 6.14. The van der Waals surface area contributed by atoms with Crippen LogP contribution in [0.1, 0.15) is 29.3 Å². The molecule has 1 fully saturated rings. The SMILES string of the molecule is Cc1c(Cl)cccc1NC(=O)CNC(=O)C[NH+]1CCC[C@H]1c1cccs1. The number of hydrogen-bond donors (Lipinski definition) is 3. The number of benzene rings is 1. The van der Waals surface area contributed by atoms with Crippen molar-refractivity contribution in [3.63, 3.8) is 0 Å². The molecule has 0 spiro atoms. The van der Waals surface area contributed by atoms with Gasteiger partial charge in [0.05, 0.1) is 18.0 Å². The molecule has 1 aliphatic rings. The summed E-state index contributed by atoms with van der Waals surface area (Å²) in [5, 5.41) is 8.19. The van der Waals surface area contributed by atoms with Gasteiger partial charge in [0.1, 0.15) is 6.04 Å². The highest BCUT2D eigenvalue weighted by molar-refractivity contribution is 7.10. The molecule has 0 aliphatic carbocycles. The predicted molar refractivity (Wildman–Crippen MR) is 105 cm³/mol. The summed E-state index contributed by atoms with van der Waals surface area (Å²) in [6.07, 6.45) is 2.23. The van der Waals surface area contributed by atoms with Gasteiger partial charge in [-0.25, -0.2) is 0 Å². The van der Waals surface area contributed by atoms with E-state index in [2.05, 4.69) is 28.1 Å². The van der Waals surface area contributed by atoms with Crippen LogP contribution >= 0.6 is 22.9 Å². The molecule has 26 heavy (non-hydrogen) atoms. The van der Waals surface area contributed by atoms with Gasteiger partial charge in [-0.05, 0) is 36.1 Å². The molecule has 7 heteroatoms. The third-order valence-electron chi connectivity index (χ3n) is 4.75. The van der Waals surface area contributed by atoms with Gasteiger partial charge in [0.2, 0.25) is 5.91 Å². The van der Waals surface area contributed by atoms with Gasteiger partial charge in [0.25, 0.3) is 5.91 Å². The van der Waals surface area contributed by atoms with Gasteiger partial charge in [-0.2, -0.15) is 0 Å². The first-order chi connectivity index (χ1) is 12.5. The fraction of sp³-hybridized carbons (Fsp3) is 0.368. The standard InChI is InChI=1S/C19H22ClN3O2S/c1-13-14(20)5-2-6-15(13)22-18(24)11-21-19(25)12-23-9-3-7-16(23)17-8-4-10-26-17/h2,4-6,8,10,16H,3,7,9,11-12H2,1H3,(H,21,25)(H,22,24)/p+1/t16-/m0/s1. The van der Waals surface area contributed by atoms with Gasteiger partial charge in [0.15, 0.2) is 6.54 Å². The molecule has 2 atom stereocenters. The van der Waals surface area contributed by atoms with Crippen LogP contribution in [-0.4, -0.2) is 31.4 Å². The average Bonchev–Trinajstić information content (AvgIpc) is 3.28. The maximum Gasteiger partial charge on any atom is 0.275 e. The molecule has 1 saturated heterocycles. The summed E-state index contributed by atoms with van der Waals surface area (Å²) in [6, 6.07) is 9.93. The van der Waals surface area contributed by atoms with E-state index in [9.17, 15) is 9.59 Å². The molecule has 0 saturated carbocycles. The van der Waals surface area contributed by atoms with Crippen molar-refractivity contribution in [2.45, 2.75) is 25.8 Å². The van der Waals surface area contributed by atoms with Gasteiger partial charge >= 0.3 is 0 Å². The lowest BCUT2D eigenvalue weighted by molar-refractivity contribution is -0.910. The van der Waals surface area contributed by atoms with Crippen LogP contribution in [0, 0.1) is 6.92 Å². The second kappa shape index (κ2) is 8.66.